The molecule has 0 aliphatic rings. The molecule has 4 rings (SSSR count). The van der Waals surface area contributed by atoms with Crippen molar-refractivity contribution in [3.05, 3.63) is 78.9 Å². The lowest BCUT2D eigenvalue weighted by molar-refractivity contribution is -0.113. The zero-order chi connectivity index (χ0) is 20.9. The summed E-state index contributed by atoms with van der Waals surface area (Å²) in [5.41, 5.74) is 2.87. The molecule has 0 bridgehead atoms. The predicted octanol–water partition coefficient (Wildman–Crippen LogP) is 4.31. The van der Waals surface area contributed by atoms with Gasteiger partial charge in [0, 0.05) is 36.0 Å². The summed E-state index contributed by atoms with van der Waals surface area (Å²) in [7, 11) is 0. The quantitative estimate of drug-likeness (QED) is 0.453. The van der Waals surface area contributed by atoms with E-state index in [0.717, 1.165) is 11.3 Å². The molecule has 0 fully saturated rings. The lowest BCUT2D eigenvalue weighted by Crippen LogP contribution is -2.16. The number of benzene rings is 1. The summed E-state index contributed by atoms with van der Waals surface area (Å²) < 4.78 is 3.75. The number of anilines is 1. The Morgan fingerprint density at radius 3 is 2.50 bits per heavy atom. The van der Waals surface area contributed by atoms with Crippen LogP contribution in [0.3, 0.4) is 0 Å². The smallest absolute Gasteiger partial charge is 0.234 e. The molecule has 8 heteroatoms. The summed E-state index contributed by atoms with van der Waals surface area (Å²) in [6.07, 6.45) is 7.27. The van der Waals surface area contributed by atoms with Crippen molar-refractivity contribution in [2.45, 2.75) is 24.9 Å². The maximum absolute atomic E-state index is 12.5. The molecule has 0 radical (unpaired) electrons. The molecule has 1 amide bonds. The van der Waals surface area contributed by atoms with Crippen LogP contribution in [0.25, 0.3) is 11.4 Å². The van der Waals surface area contributed by atoms with Crippen LogP contribution in [-0.2, 0) is 4.79 Å². The Labute approximate surface area is 179 Å². The van der Waals surface area contributed by atoms with Crippen LogP contribution in [0.5, 0.6) is 0 Å². The van der Waals surface area contributed by atoms with E-state index in [-0.39, 0.29) is 11.7 Å². The van der Waals surface area contributed by atoms with Gasteiger partial charge in [0.05, 0.1) is 5.75 Å². The fraction of sp³-hybridized carbons (Fsp3) is 0.182. The number of carbonyl (C=O) groups is 1. The van der Waals surface area contributed by atoms with Crippen LogP contribution in [0.2, 0.25) is 0 Å². The Morgan fingerprint density at radius 1 is 1.07 bits per heavy atom. The molecular weight excluding hydrogens is 396 g/mol. The highest BCUT2D eigenvalue weighted by Gasteiger charge is 2.17. The number of aromatic nitrogens is 5. The van der Waals surface area contributed by atoms with Gasteiger partial charge in [-0.15, -0.1) is 10.2 Å². The molecule has 0 saturated carbocycles. The van der Waals surface area contributed by atoms with Gasteiger partial charge in [-0.2, -0.15) is 0 Å². The fourth-order valence-corrected chi connectivity index (χ4v) is 3.71. The largest absolute Gasteiger partial charge is 0.325 e. The lowest BCUT2D eigenvalue weighted by Gasteiger charge is -2.11. The highest BCUT2D eigenvalue weighted by Crippen LogP contribution is 2.24. The molecule has 7 nitrogen and oxygen atoms in total. The molecule has 0 spiro atoms. The van der Waals surface area contributed by atoms with Gasteiger partial charge in [-0.1, -0.05) is 37.7 Å². The number of pyridine rings is 1. The molecule has 0 saturated heterocycles. The van der Waals surface area contributed by atoms with E-state index in [1.165, 1.54) is 17.3 Å². The van der Waals surface area contributed by atoms with Gasteiger partial charge in [-0.05, 0) is 47.9 Å². The lowest BCUT2D eigenvalue weighted by atomic mass is 10.0. The number of rotatable bonds is 7. The van der Waals surface area contributed by atoms with E-state index in [1.807, 2.05) is 70.3 Å². The van der Waals surface area contributed by atoms with E-state index >= 15 is 0 Å². The molecule has 0 atom stereocenters. The normalized spacial score (nSPS) is 11.0. The van der Waals surface area contributed by atoms with Crippen LogP contribution in [0.4, 0.5) is 5.69 Å². The fourth-order valence-electron chi connectivity index (χ4n) is 2.98. The number of hydrogen-bond donors (Lipinski definition) is 1. The number of carbonyl (C=O) groups excluding carboxylic acids is 1. The van der Waals surface area contributed by atoms with Crippen molar-refractivity contribution in [3.8, 4) is 11.4 Å². The molecule has 152 valence electrons. The Kier molecular flexibility index (Phi) is 5.94. The Hall–Kier alpha value is -3.39. The van der Waals surface area contributed by atoms with Crippen LogP contribution < -0.4 is 5.32 Å². The van der Waals surface area contributed by atoms with E-state index in [9.17, 15) is 4.79 Å². The first-order chi connectivity index (χ1) is 14.6. The monoisotopic (exact) mass is 418 g/mol. The second kappa shape index (κ2) is 8.96. The second-order valence-corrected chi connectivity index (χ2v) is 7.98. The van der Waals surface area contributed by atoms with Crippen LogP contribution in [0.1, 0.15) is 25.3 Å². The van der Waals surface area contributed by atoms with Crippen molar-refractivity contribution < 1.29 is 4.79 Å². The van der Waals surface area contributed by atoms with Crippen molar-refractivity contribution in [2.24, 2.45) is 0 Å². The molecule has 3 heterocycles. The summed E-state index contributed by atoms with van der Waals surface area (Å²) >= 11 is 1.33. The van der Waals surface area contributed by atoms with Crippen LogP contribution in [0.15, 0.2) is 78.5 Å². The summed E-state index contributed by atoms with van der Waals surface area (Å²) in [4.78, 5) is 16.6. The summed E-state index contributed by atoms with van der Waals surface area (Å²) in [6.45, 7) is 4.29. The van der Waals surface area contributed by atoms with E-state index in [4.69, 9.17) is 0 Å². The van der Waals surface area contributed by atoms with E-state index in [1.54, 1.807) is 12.4 Å². The van der Waals surface area contributed by atoms with Gasteiger partial charge in [-0.3, -0.25) is 14.5 Å². The maximum atomic E-state index is 12.5. The first-order valence-corrected chi connectivity index (χ1v) is 10.6. The summed E-state index contributed by atoms with van der Waals surface area (Å²) in [5.74, 6) is 1.24. The number of amides is 1. The van der Waals surface area contributed by atoms with Crippen LogP contribution in [-0.4, -0.2) is 36.2 Å². The topological polar surface area (TPSA) is 77.6 Å². The van der Waals surface area contributed by atoms with E-state index in [2.05, 4.69) is 34.3 Å². The standard InChI is InChI=1S/C22H22N6OS/c1-16(2)17-7-9-19(10-8-17)24-20(29)15-30-22-26-25-21(18-6-5-11-23-14-18)28(22)27-12-3-4-13-27/h3-14,16H,15H2,1-2H3,(H,24,29). The number of hydrogen-bond acceptors (Lipinski definition) is 5. The van der Waals surface area contributed by atoms with Gasteiger partial charge in [0.15, 0.2) is 5.82 Å². The molecule has 1 N–H and O–H groups in total. The third-order valence-corrected chi connectivity index (χ3v) is 5.46. The van der Waals surface area contributed by atoms with Gasteiger partial charge in [0.25, 0.3) is 0 Å². The van der Waals surface area contributed by atoms with E-state index < -0.39 is 0 Å². The van der Waals surface area contributed by atoms with Gasteiger partial charge < -0.3 is 5.32 Å². The molecule has 3 aromatic heterocycles. The number of nitrogens with one attached hydrogen (secondary N) is 1. The number of nitrogens with zero attached hydrogens (tertiary/aromatic N) is 5. The van der Waals surface area contributed by atoms with Gasteiger partial charge in [0.2, 0.25) is 11.1 Å². The minimum Gasteiger partial charge on any atom is -0.325 e. The SMILES string of the molecule is CC(C)c1ccc(NC(=O)CSc2nnc(-c3cccnc3)n2-n2cccc2)cc1. The Bertz CT molecular complexity index is 1100. The molecule has 0 unspecified atom stereocenters. The Balaban J connectivity index is 1.49. The van der Waals surface area contributed by atoms with Crippen molar-refractivity contribution in [2.75, 3.05) is 11.1 Å². The Morgan fingerprint density at radius 2 is 1.83 bits per heavy atom. The van der Waals surface area contributed by atoms with Gasteiger partial charge >= 0.3 is 0 Å². The zero-order valence-corrected chi connectivity index (χ0v) is 17.6. The van der Waals surface area contributed by atoms with E-state index in [0.29, 0.717) is 16.9 Å². The average Bonchev–Trinajstić information content (AvgIpc) is 3.43. The molecular formula is C22H22N6OS. The third-order valence-electron chi connectivity index (χ3n) is 4.54. The molecule has 0 aliphatic heterocycles. The first-order valence-electron chi connectivity index (χ1n) is 9.64. The molecule has 0 aliphatic carbocycles. The molecule has 4 aromatic rings. The van der Waals surface area contributed by atoms with Gasteiger partial charge in [-0.25, -0.2) is 4.68 Å². The van der Waals surface area contributed by atoms with Crippen molar-refractivity contribution in [1.82, 2.24) is 24.5 Å². The zero-order valence-electron chi connectivity index (χ0n) is 16.8. The third kappa shape index (κ3) is 4.44. The van der Waals surface area contributed by atoms with Crippen LogP contribution in [0, 0.1) is 0 Å². The predicted molar refractivity (Wildman–Crippen MR) is 118 cm³/mol. The highest BCUT2D eigenvalue weighted by atomic mass is 32.2. The second-order valence-electron chi connectivity index (χ2n) is 7.04. The summed E-state index contributed by atoms with van der Waals surface area (Å²) in [5, 5.41) is 12.2. The molecule has 30 heavy (non-hydrogen) atoms. The van der Waals surface area contributed by atoms with Crippen molar-refractivity contribution >= 4 is 23.4 Å². The maximum Gasteiger partial charge on any atom is 0.234 e. The van der Waals surface area contributed by atoms with Crippen LogP contribution >= 0.6 is 11.8 Å². The average molecular weight is 419 g/mol. The number of thioether (sulfide) groups is 1. The van der Waals surface area contributed by atoms with Crippen molar-refractivity contribution in [1.29, 1.82) is 0 Å². The summed E-state index contributed by atoms with van der Waals surface area (Å²) in [6, 6.07) is 15.6. The van der Waals surface area contributed by atoms with Gasteiger partial charge in [0.1, 0.15) is 0 Å². The molecule has 1 aromatic carbocycles. The van der Waals surface area contributed by atoms with Crippen molar-refractivity contribution in [3.63, 3.8) is 0 Å². The minimum atomic E-state index is -0.0951. The highest BCUT2D eigenvalue weighted by molar-refractivity contribution is 7.99. The minimum absolute atomic E-state index is 0.0951. The first kappa shape index (κ1) is 19.9.